The van der Waals surface area contributed by atoms with E-state index < -0.39 is 0 Å². The fraction of sp³-hybridized carbons (Fsp3) is 0.467. The Morgan fingerprint density at radius 3 is 2.89 bits per heavy atom. The van der Waals surface area contributed by atoms with E-state index in [4.69, 9.17) is 15.2 Å². The summed E-state index contributed by atoms with van der Waals surface area (Å²) in [4.78, 5) is 0. The molecule has 1 aliphatic rings. The molecule has 0 saturated carbocycles. The molecule has 0 atom stereocenters. The summed E-state index contributed by atoms with van der Waals surface area (Å²) < 4.78 is 5.68. The molecular weight excluding hydrogens is 240 g/mol. The highest BCUT2D eigenvalue weighted by atomic mass is 16.5. The van der Waals surface area contributed by atoms with E-state index in [2.05, 4.69) is 11.2 Å². The van der Waals surface area contributed by atoms with Crippen LogP contribution in [0.2, 0.25) is 0 Å². The first kappa shape index (κ1) is 13.4. The smallest absolute Gasteiger partial charge is 0.119 e. The molecule has 1 aromatic carbocycles. The van der Waals surface area contributed by atoms with Crippen molar-refractivity contribution < 1.29 is 9.94 Å². The fourth-order valence-corrected chi connectivity index (χ4v) is 2.12. The molecule has 4 nitrogen and oxygen atoms in total. The first-order chi connectivity index (χ1) is 9.05. The molecule has 1 N–H and O–H groups in total. The molecule has 0 unspecified atom stereocenters. The maximum absolute atomic E-state index is 8.93. The molecule has 100 valence electrons. The molecule has 2 rings (SSSR count). The summed E-state index contributed by atoms with van der Waals surface area (Å²) in [5, 5.41) is 21.1. The highest BCUT2D eigenvalue weighted by molar-refractivity contribution is 6.04. The van der Waals surface area contributed by atoms with Crippen LogP contribution in [0.4, 0.5) is 0 Å². The topological polar surface area (TPSA) is 65.6 Å². The van der Waals surface area contributed by atoms with Gasteiger partial charge in [0.1, 0.15) is 5.75 Å². The van der Waals surface area contributed by atoms with Crippen LogP contribution >= 0.6 is 0 Å². The monoisotopic (exact) mass is 258 g/mol. The third kappa shape index (κ3) is 3.05. The molecule has 19 heavy (non-hydrogen) atoms. The second-order valence-electron chi connectivity index (χ2n) is 5.46. The number of nitriles is 1. The fourth-order valence-electron chi connectivity index (χ4n) is 2.12. The van der Waals surface area contributed by atoms with Crippen molar-refractivity contribution in [1.29, 1.82) is 5.26 Å². The molecule has 4 heteroatoms. The van der Waals surface area contributed by atoms with E-state index in [-0.39, 0.29) is 5.41 Å². The number of fused-ring (bicyclic) bond motifs is 1. The van der Waals surface area contributed by atoms with Gasteiger partial charge in [-0.25, -0.2) is 0 Å². The van der Waals surface area contributed by atoms with E-state index in [0.717, 1.165) is 35.4 Å². The summed E-state index contributed by atoms with van der Waals surface area (Å²) in [7, 11) is 0. The molecule has 0 spiro atoms. The Hall–Kier alpha value is -2.02. The van der Waals surface area contributed by atoms with Gasteiger partial charge in [0.05, 0.1) is 23.8 Å². The van der Waals surface area contributed by atoms with Crippen LogP contribution in [0, 0.1) is 16.7 Å². The van der Waals surface area contributed by atoms with Crippen LogP contribution in [0.5, 0.6) is 5.75 Å². The second kappa shape index (κ2) is 5.31. The maximum Gasteiger partial charge on any atom is 0.119 e. The second-order valence-corrected chi connectivity index (χ2v) is 5.46. The lowest BCUT2D eigenvalue weighted by Gasteiger charge is -2.15. The van der Waals surface area contributed by atoms with Crippen molar-refractivity contribution in [2.75, 3.05) is 6.61 Å². The minimum absolute atomic E-state index is 0.354. The molecule has 0 bridgehead atoms. The Labute approximate surface area is 113 Å². The van der Waals surface area contributed by atoms with Gasteiger partial charge < -0.3 is 9.94 Å². The zero-order valence-corrected chi connectivity index (χ0v) is 11.3. The summed E-state index contributed by atoms with van der Waals surface area (Å²) in [5.41, 5.74) is 2.55. The van der Waals surface area contributed by atoms with Crippen LogP contribution in [-0.2, 0) is 6.42 Å². The van der Waals surface area contributed by atoms with E-state index in [1.54, 1.807) is 0 Å². The molecule has 0 aromatic heterocycles. The molecule has 0 aliphatic heterocycles. The quantitative estimate of drug-likeness (QED) is 0.666. The Morgan fingerprint density at radius 1 is 1.42 bits per heavy atom. The van der Waals surface area contributed by atoms with Gasteiger partial charge in [-0.15, -0.1) is 0 Å². The van der Waals surface area contributed by atoms with Gasteiger partial charge >= 0.3 is 0 Å². The largest absolute Gasteiger partial charge is 0.494 e. The molecule has 0 heterocycles. The van der Waals surface area contributed by atoms with Gasteiger partial charge in [-0.05, 0) is 56.9 Å². The molecule has 1 aliphatic carbocycles. The zero-order chi connectivity index (χ0) is 13.9. The Balaban J connectivity index is 1.99. The predicted octanol–water partition coefficient (Wildman–Crippen LogP) is 3.13. The minimum atomic E-state index is -0.354. The van der Waals surface area contributed by atoms with Gasteiger partial charge in [-0.1, -0.05) is 5.16 Å². The lowest BCUT2D eigenvalue weighted by atomic mass is 9.92. The number of oxime groups is 1. The van der Waals surface area contributed by atoms with Crippen molar-refractivity contribution in [3.05, 3.63) is 29.3 Å². The lowest BCUT2D eigenvalue weighted by molar-refractivity contribution is 0.264. The maximum atomic E-state index is 8.93. The van der Waals surface area contributed by atoms with Crippen molar-refractivity contribution in [3.63, 3.8) is 0 Å². The molecule has 1 aromatic rings. The minimum Gasteiger partial charge on any atom is -0.494 e. The van der Waals surface area contributed by atoms with Gasteiger partial charge in [0.25, 0.3) is 0 Å². The Morgan fingerprint density at radius 2 is 2.21 bits per heavy atom. The number of benzene rings is 1. The Kier molecular flexibility index (Phi) is 3.75. The van der Waals surface area contributed by atoms with E-state index >= 15 is 0 Å². The highest BCUT2D eigenvalue weighted by Gasteiger charge is 2.19. The van der Waals surface area contributed by atoms with E-state index in [1.807, 2.05) is 32.0 Å². The zero-order valence-electron chi connectivity index (χ0n) is 11.3. The van der Waals surface area contributed by atoms with Gasteiger partial charge in [0, 0.05) is 5.56 Å². The molecule has 0 radical (unpaired) electrons. The van der Waals surface area contributed by atoms with Gasteiger partial charge in [0.15, 0.2) is 0 Å². The number of hydrogen-bond acceptors (Lipinski definition) is 4. The first-order valence-corrected chi connectivity index (χ1v) is 6.44. The van der Waals surface area contributed by atoms with E-state index in [9.17, 15) is 0 Å². The van der Waals surface area contributed by atoms with Crippen LogP contribution in [0.15, 0.2) is 23.4 Å². The molecule has 0 amide bonds. The van der Waals surface area contributed by atoms with Crippen molar-refractivity contribution >= 4 is 5.71 Å². The van der Waals surface area contributed by atoms with Crippen molar-refractivity contribution in [2.45, 2.75) is 33.1 Å². The van der Waals surface area contributed by atoms with E-state index in [1.165, 1.54) is 0 Å². The average molecular weight is 258 g/mol. The number of hydrogen-bond donors (Lipinski definition) is 1. The number of ether oxygens (including phenoxy) is 1. The third-order valence-corrected chi connectivity index (χ3v) is 3.44. The van der Waals surface area contributed by atoms with Crippen LogP contribution in [-0.4, -0.2) is 17.5 Å². The SMILES string of the molecule is CC(C)(C#N)CCOc1ccc2c(c1)CC/C2=N\O. The lowest BCUT2D eigenvalue weighted by Crippen LogP contribution is -2.13. The molecular formula is C15H18N2O2. The Bertz CT molecular complexity index is 542. The number of rotatable bonds is 4. The summed E-state index contributed by atoms with van der Waals surface area (Å²) in [6.45, 7) is 4.34. The van der Waals surface area contributed by atoms with Gasteiger partial charge in [-0.2, -0.15) is 5.26 Å². The van der Waals surface area contributed by atoms with Crippen molar-refractivity contribution in [2.24, 2.45) is 10.6 Å². The van der Waals surface area contributed by atoms with Gasteiger partial charge in [-0.3, -0.25) is 0 Å². The van der Waals surface area contributed by atoms with Crippen molar-refractivity contribution in [1.82, 2.24) is 0 Å². The number of aryl methyl sites for hydroxylation is 1. The number of nitrogens with zero attached hydrogens (tertiary/aromatic N) is 2. The molecule has 0 fully saturated rings. The van der Waals surface area contributed by atoms with Crippen LogP contribution in [0.1, 0.15) is 37.8 Å². The molecule has 0 saturated heterocycles. The third-order valence-electron chi connectivity index (χ3n) is 3.44. The van der Waals surface area contributed by atoms with Gasteiger partial charge in [0.2, 0.25) is 0 Å². The average Bonchev–Trinajstić information content (AvgIpc) is 2.81. The van der Waals surface area contributed by atoms with Crippen LogP contribution in [0.3, 0.4) is 0 Å². The van der Waals surface area contributed by atoms with Crippen LogP contribution < -0.4 is 4.74 Å². The van der Waals surface area contributed by atoms with Crippen LogP contribution in [0.25, 0.3) is 0 Å². The standard InChI is InChI=1S/C15H18N2O2/c1-15(2,10-16)7-8-19-12-4-5-13-11(9-12)3-6-14(13)17-18/h4-5,9,18H,3,6-8H2,1-2H3/b17-14+. The normalized spacial score (nSPS) is 16.2. The summed E-state index contributed by atoms with van der Waals surface area (Å²) in [5.74, 6) is 0.812. The predicted molar refractivity (Wildman–Crippen MR) is 72.6 cm³/mol. The first-order valence-electron chi connectivity index (χ1n) is 6.44. The van der Waals surface area contributed by atoms with E-state index in [0.29, 0.717) is 13.0 Å². The summed E-state index contributed by atoms with van der Waals surface area (Å²) >= 11 is 0. The highest BCUT2D eigenvalue weighted by Crippen LogP contribution is 2.27. The summed E-state index contributed by atoms with van der Waals surface area (Å²) in [6.07, 6.45) is 2.36. The summed E-state index contributed by atoms with van der Waals surface area (Å²) in [6, 6.07) is 8.07. The van der Waals surface area contributed by atoms with Crippen molar-refractivity contribution in [3.8, 4) is 11.8 Å².